The van der Waals surface area contributed by atoms with Crippen molar-refractivity contribution in [3.05, 3.63) is 75.1 Å². The molecule has 30 heavy (non-hydrogen) atoms. The third-order valence-corrected chi connectivity index (χ3v) is 6.08. The van der Waals surface area contributed by atoms with Crippen LogP contribution in [0.15, 0.2) is 51.7 Å². The average Bonchev–Trinajstić information content (AvgIpc) is 2.74. The number of carbonyl (C=O) groups is 1. The highest BCUT2D eigenvalue weighted by molar-refractivity contribution is 7.98. The van der Waals surface area contributed by atoms with E-state index in [0.29, 0.717) is 29.9 Å². The maximum Gasteiger partial charge on any atom is 0.339 e. The molecular weight excluding hydrogens is 398 g/mol. The first-order valence-electron chi connectivity index (χ1n) is 9.98. The van der Waals surface area contributed by atoms with Crippen LogP contribution in [0.5, 0.6) is 5.75 Å². The Bertz CT molecular complexity index is 1070. The molecule has 3 aromatic rings. The van der Waals surface area contributed by atoms with Crippen LogP contribution in [0.3, 0.4) is 0 Å². The van der Waals surface area contributed by atoms with Crippen molar-refractivity contribution in [3.63, 3.8) is 0 Å². The molecule has 3 rings (SSSR count). The number of rotatable bonds is 9. The largest absolute Gasteiger partial charge is 0.497 e. The van der Waals surface area contributed by atoms with Crippen molar-refractivity contribution in [1.82, 2.24) is 5.32 Å². The first-order valence-corrected chi connectivity index (χ1v) is 11.1. The van der Waals surface area contributed by atoms with Crippen molar-refractivity contribution in [2.45, 2.75) is 32.4 Å². The van der Waals surface area contributed by atoms with E-state index in [1.165, 1.54) is 11.1 Å². The lowest BCUT2D eigenvalue weighted by atomic mass is 10.0. The molecule has 158 valence electrons. The van der Waals surface area contributed by atoms with Gasteiger partial charge in [-0.2, -0.15) is 11.8 Å². The summed E-state index contributed by atoms with van der Waals surface area (Å²) in [6.07, 6.45) is 0.619. The Labute approximate surface area is 180 Å². The number of nitrogens with one attached hydrogen (secondary N) is 1. The molecule has 0 bridgehead atoms. The minimum absolute atomic E-state index is 0.0560. The van der Waals surface area contributed by atoms with Gasteiger partial charge < -0.3 is 14.5 Å². The molecule has 5 nitrogen and oxygen atoms in total. The highest BCUT2D eigenvalue weighted by Gasteiger charge is 2.13. The molecule has 1 amide bonds. The number of amides is 1. The molecule has 1 N–H and O–H groups in total. The zero-order valence-electron chi connectivity index (χ0n) is 17.6. The lowest BCUT2D eigenvalue weighted by Crippen LogP contribution is -2.26. The van der Waals surface area contributed by atoms with Crippen molar-refractivity contribution in [1.29, 1.82) is 0 Å². The third-order valence-electron chi connectivity index (χ3n) is 5.05. The van der Waals surface area contributed by atoms with Crippen LogP contribution in [-0.2, 0) is 17.0 Å². The second-order valence-corrected chi connectivity index (χ2v) is 8.35. The number of aryl methyl sites for hydroxylation is 2. The van der Waals surface area contributed by atoms with Gasteiger partial charge in [-0.3, -0.25) is 4.79 Å². The lowest BCUT2D eigenvalue weighted by Gasteiger charge is -2.09. The van der Waals surface area contributed by atoms with Crippen LogP contribution in [0.1, 0.15) is 28.7 Å². The maximum absolute atomic E-state index is 12.4. The number of methoxy groups -OCH3 is 1. The second-order valence-electron chi connectivity index (χ2n) is 7.24. The van der Waals surface area contributed by atoms with E-state index in [0.717, 1.165) is 22.5 Å². The zero-order valence-corrected chi connectivity index (χ0v) is 18.4. The van der Waals surface area contributed by atoms with Crippen LogP contribution < -0.4 is 15.7 Å². The Balaban J connectivity index is 1.47. The number of thioether (sulfide) groups is 1. The van der Waals surface area contributed by atoms with Gasteiger partial charge in [0, 0.05) is 41.5 Å². The molecule has 1 aromatic heterocycles. The number of carbonyl (C=O) groups excluding carboxylic acids is 1. The van der Waals surface area contributed by atoms with Gasteiger partial charge in [0.1, 0.15) is 11.3 Å². The monoisotopic (exact) mass is 425 g/mol. The predicted octanol–water partition coefficient (Wildman–Crippen LogP) is 4.40. The van der Waals surface area contributed by atoms with Crippen LogP contribution >= 0.6 is 11.8 Å². The third kappa shape index (κ3) is 5.66. The van der Waals surface area contributed by atoms with Crippen LogP contribution in [0.25, 0.3) is 11.0 Å². The molecular formula is C24H27NO4S. The van der Waals surface area contributed by atoms with Crippen LogP contribution in [0, 0.1) is 13.8 Å². The minimum Gasteiger partial charge on any atom is -0.497 e. The van der Waals surface area contributed by atoms with Gasteiger partial charge in [0.05, 0.1) is 7.11 Å². The van der Waals surface area contributed by atoms with Gasteiger partial charge in [-0.05, 0) is 43.5 Å². The molecule has 0 radical (unpaired) electrons. The van der Waals surface area contributed by atoms with E-state index in [1.807, 2.05) is 19.1 Å². The van der Waals surface area contributed by atoms with Crippen LogP contribution in [0.4, 0.5) is 0 Å². The Morgan fingerprint density at radius 1 is 1.13 bits per heavy atom. The molecule has 0 fully saturated rings. The first-order chi connectivity index (χ1) is 14.5. The average molecular weight is 426 g/mol. The summed E-state index contributed by atoms with van der Waals surface area (Å²) in [5, 5.41) is 3.79. The van der Waals surface area contributed by atoms with E-state index >= 15 is 0 Å². The lowest BCUT2D eigenvalue weighted by molar-refractivity contribution is -0.120. The van der Waals surface area contributed by atoms with Gasteiger partial charge >= 0.3 is 5.63 Å². The van der Waals surface area contributed by atoms with E-state index in [2.05, 4.69) is 36.5 Å². The fourth-order valence-electron chi connectivity index (χ4n) is 3.25. The van der Waals surface area contributed by atoms with E-state index in [4.69, 9.17) is 9.15 Å². The molecule has 0 aliphatic heterocycles. The molecule has 2 aromatic carbocycles. The first kappa shape index (κ1) is 22.0. The molecule has 0 saturated heterocycles. The van der Waals surface area contributed by atoms with E-state index in [1.54, 1.807) is 24.9 Å². The fourth-order valence-corrected chi connectivity index (χ4v) is 4.07. The molecule has 6 heteroatoms. The van der Waals surface area contributed by atoms with E-state index in [-0.39, 0.29) is 12.3 Å². The SMILES string of the molecule is COc1ccc2c(C)c(CCC(=O)NCCSCc3ccc(C)cc3)c(=O)oc2c1. The van der Waals surface area contributed by atoms with Crippen molar-refractivity contribution in [3.8, 4) is 5.75 Å². The summed E-state index contributed by atoms with van der Waals surface area (Å²) in [6, 6.07) is 13.9. The van der Waals surface area contributed by atoms with Crippen molar-refractivity contribution >= 4 is 28.6 Å². The number of hydrogen-bond donors (Lipinski definition) is 1. The summed E-state index contributed by atoms with van der Waals surface area (Å²) < 4.78 is 10.6. The Kier molecular flexibility index (Phi) is 7.57. The molecule has 0 aliphatic rings. The molecule has 0 atom stereocenters. The molecule has 0 aliphatic carbocycles. The zero-order chi connectivity index (χ0) is 21.5. The van der Waals surface area contributed by atoms with Crippen LogP contribution in [-0.4, -0.2) is 25.3 Å². The highest BCUT2D eigenvalue weighted by Crippen LogP contribution is 2.24. The van der Waals surface area contributed by atoms with Gasteiger partial charge in [-0.1, -0.05) is 29.8 Å². The molecule has 0 unspecified atom stereocenters. The van der Waals surface area contributed by atoms with Gasteiger partial charge in [0.2, 0.25) is 5.91 Å². The minimum atomic E-state index is -0.394. The van der Waals surface area contributed by atoms with Crippen molar-refractivity contribution in [2.24, 2.45) is 0 Å². The van der Waals surface area contributed by atoms with Crippen molar-refractivity contribution < 1.29 is 13.9 Å². The van der Waals surface area contributed by atoms with Gasteiger partial charge in [-0.15, -0.1) is 0 Å². The summed E-state index contributed by atoms with van der Waals surface area (Å²) in [5.41, 5.74) is 4.05. The smallest absolute Gasteiger partial charge is 0.339 e. The van der Waals surface area contributed by atoms with E-state index < -0.39 is 5.63 Å². The van der Waals surface area contributed by atoms with Gasteiger partial charge in [-0.25, -0.2) is 4.79 Å². The quantitative estimate of drug-likeness (QED) is 0.406. The number of hydrogen-bond acceptors (Lipinski definition) is 5. The Morgan fingerprint density at radius 3 is 2.63 bits per heavy atom. The topological polar surface area (TPSA) is 68.5 Å². The van der Waals surface area contributed by atoms with Gasteiger partial charge in [0.15, 0.2) is 0 Å². The Morgan fingerprint density at radius 2 is 1.90 bits per heavy atom. The number of ether oxygens (including phenoxy) is 1. The Hall–Kier alpha value is -2.73. The standard InChI is InChI=1S/C24H27NO4S/c1-16-4-6-18(7-5-16)15-30-13-12-25-23(26)11-10-21-17(2)20-9-8-19(28-3)14-22(20)29-24(21)27/h4-9,14H,10-13,15H2,1-3H3,(H,25,26). The predicted molar refractivity (Wildman–Crippen MR) is 122 cm³/mol. The van der Waals surface area contributed by atoms with Gasteiger partial charge in [0.25, 0.3) is 0 Å². The fraction of sp³-hybridized carbons (Fsp3) is 0.333. The maximum atomic E-state index is 12.4. The normalized spacial score (nSPS) is 10.9. The second kappa shape index (κ2) is 10.3. The molecule has 0 spiro atoms. The number of benzene rings is 2. The summed E-state index contributed by atoms with van der Waals surface area (Å²) in [6.45, 7) is 4.58. The molecule has 1 heterocycles. The molecule has 0 saturated carbocycles. The summed E-state index contributed by atoms with van der Waals surface area (Å²) in [7, 11) is 1.57. The highest BCUT2D eigenvalue weighted by atomic mass is 32.2. The van der Waals surface area contributed by atoms with E-state index in [9.17, 15) is 9.59 Å². The summed E-state index contributed by atoms with van der Waals surface area (Å²) in [5.74, 6) is 2.36. The summed E-state index contributed by atoms with van der Waals surface area (Å²) >= 11 is 1.79. The van der Waals surface area contributed by atoms with Crippen molar-refractivity contribution in [2.75, 3.05) is 19.4 Å². The number of fused-ring (bicyclic) bond motifs is 1. The summed E-state index contributed by atoms with van der Waals surface area (Å²) in [4.78, 5) is 24.6. The van der Waals surface area contributed by atoms with Crippen LogP contribution in [0.2, 0.25) is 0 Å².